The van der Waals surface area contributed by atoms with Gasteiger partial charge in [-0.1, -0.05) is 81.4 Å². The summed E-state index contributed by atoms with van der Waals surface area (Å²) in [6.07, 6.45) is -0.101. The summed E-state index contributed by atoms with van der Waals surface area (Å²) in [5.74, 6) is -0.921. The number of hydrogen-bond donors (Lipinski definition) is 0. The van der Waals surface area contributed by atoms with Gasteiger partial charge in [-0.25, -0.2) is 0 Å². The standard InChI is InChI=1S/C26H34O5Si/c1-25(2,3)32(19-12-8-6-9-13-19,20-14-10-7-11-15-20)28-18-22-24-21(16-17-23(27)29-22)30-26(4,5)31-24/h6-15,21-22,24H,16-18H2,1-5H3/t21-,22+,24-/m0/s1. The summed E-state index contributed by atoms with van der Waals surface area (Å²) in [6, 6.07) is 20.9. The third-order valence-electron chi connectivity index (χ3n) is 6.38. The first-order chi connectivity index (χ1) is 15.1. The van der Waals surface area contributed by atoms with E-state index in [1.165, 1.54) is 10.4 Å². The quantitative estimate of drug-likeness (QED) is 0.508. The number of fused-ring (bicyclic) bond motifs is 1. The molecular weight excluding hydrogens is 420 g/mol. The largest absolute Gasteiger partial charge is 0.457 e. The molecule has 0 aliphatic carbocycles. The van der Waals surface area contributed by atoms with Crippen molar-refractivity contribution in [2.45, 2.75) is 76.6 Å². The van der Waals surface area contributed by atoms with Gasteiger partial charge < -0.3 is 18.6 Å². The van der Waals surface area contributed by atoms with Crippen molar-refractivity contribution in [3.05, 3.63) is 60.7 Å². The normalized spacial score (nSPS) is 25.7. The average Bonchev–Trinajstić information content (AvgIpc) is 2.99. The van der Waals surface area contributed by atoms with Gasteiger partial charge in [-0.2, -0.15) is 0 Å². The summed E-state index contributed by atoms with van der Waals surface area (Å²) < 4.78 is 25.1. The van der Waals surface area contributed by atoms with E-state index in [9.17, 15) is 4.79 Å². The highest BCUT2D eigenvalue weighted by atomic mass is 28.4. The summed E-state index contributed by atoms with van der Waals surface area (Å²) in [4.78, 5) is 12.4. The number of carbonyl (C=O) groups is 1. The lowest BCUT2D eigenvalue weighted by Gasteiger charge is -2.43. The number of benzene rings is 2. The highest BCUT2D eigenvalue weighted by Crippen LogP contribution is 2.39. The Morgan fingerprint density at radius 1 is 0.969 bits per heavy atom. The molecule has 2 aromatic rings. The Kier molecular flexibility index (Phi) is 6.33. The van der Waals surface area contributed by atoms with Crippen molar-refractivity contribution in [2.24, 2.45) is 0 Å². The molecule has 0 radical (unpaired) electrons. The first-order valence-corrected chi connectivity index (χ1v) is 13.3. The molecule has 32 heavy (non-hydrogen) atoms. The Morgan fingerprint density at radius 3 is 2.06 bits per heavy atom. The maximum Gasteiger partial charge on any atom is 0.306 e. The van der Waals surface area contributed by atoms with Gasteiger partial charge in [0, 0.05) is 6.42 Å². The molecule has 5 nitrogen and oxygen atoms in total. The molecule has 2 heterocycles. The van der Waals surface area contributed by atoms with E-state index in [2.05, 4.69) is 69.3 Å². The summed E-state index contributed by atoms with van der Waals surface area (Å²) >= 11 is 0. The van der Waals surface area contributed by atoms with Gasteiger partial charge in [0.05, 0.1) is 12.7 Å². The molecule has 0 spiro atoms. The van der Waals surface area contributed by atoms with E-state index in [-0.39, 0.29) is 29.8 Å². The molecule has 6 heteroatoms. The molecule has 2 aliphatic rings. The van der Waals surface area contributed by atoms with Gasteiger partial charge in [0.25, 0.3) is 8.32 Å². The number of cyclic esters (lactones) is 1. The van der Waals surface area contributed by atoms with Crippen molar-refractivity contribution in [2.75, 3.05) is 6.61 Å². The van der Waals surface area contributed by atoms with Crippen LogP contribution in [0.25, 0.3) is 0 Å². The van der Waals surface area contributed by atoms with E-state index in [0.717, 1.165) is 0 Å². The monoisotopic (exact) mass is 454 g/mol. The zero-order valence-electron chi connectivity index (χ0n) is 19.7. The number of carbonyl (C=O) groups excluding carboxylic acids is 1. The topological polar surface area (TPSA) is 54.0 Å². The van der Waals surface area contributed by atoms with Gasteiger partial charge in [-0.3, -0.25) is 4.79 Å². The summed E-state index contributed by atoms with van der Waals surface area (Å²) in [5.41, 5.74) is 0. The van der Waals surface area contributed by atoms with E-state index in [1.54, 1.807) is 0 Å². The molecule has 2 fully saturated rings. The minimum atomic E-state index is -2.74. The van der Waals surface area contributed by atoms with E-state index in [4.69, 9.17) is 18.6 Å². The van der Waals surface area contributed by atoms with Crippen LogP contribution in [0.3, 0.4) is 0 Å². The Balaban J connectivity index is 1.72. The molecule has 172 valence electrons. The van der Waals surface area contributed by atoms with Crippen LogP contribution in [0.15, 0.2) is 60.7 Å². The predicted octanol–water partition coefficient (Wildman–Crippen LogP) is 3.79. The number of hydrogen-bond acceptors (Lipinski definition) is 5. The minimum Gasteiger partial charge on any atom is -0.457 e. The van der Waals surface area contributed by atoms with Gasteiger partial charge in [0.15, 0.2) is 11.9 Å². The predicted molar refractivity (Wildman–Crippen MR) is 127 cm³/mol. The Labute approximate surface area is 192 Å². The average molecular weight is 455 g/mol. The third-order valence-corrected chi connectivity index (χ3v) is 11.4. The van der Waals surface area contributed by atoms with Gasteiger partial charge in [-0.15, -0.1) is 0 Å². The van der Waals surface area contributed by atoms with Gasteiger partial charge >= 0.3 is 5.97 Å². The second-order valence-electron chi connectivity index (χ2n) is 10.2. The maximum atomic E-state index is 12.4. The highest BCUT2D eigenvalue weighted by Gasteiger charge is 2.53. The van der Waals surface area contributed by atoms with Gasteiger partial charge in [0.1, 0.15) is 6.10 Å². The van der Waals surface area contributed by atoms with Crippen molar-refractivity contribution in [1.82, 2.24) is 0 Å². The van der Waals surface area contributed by atoms with Crippen LogP contribution < -0.4 is 10.4 Å². The summed E-state index contributed by atoms with van der Waals surface area (Å²) in [5, 5.41) is 2.23. The zero-order chi connectivity index (χ0) is 23.0. The molecular formula is C26H34O5Si. The lowest BCUT2D eigenvalue weighted by atomic mass is 10.1. The fourth-order valence-electron chi connectivity index (χ4n) is 5.05. The summed E-state index contributed by atoms with van der Waals surface area (Å²) in [7, 11) is -2.74. The molecule has 4 rings (SSSR count). The first-order valence-electron chi connectivity index (χ1n) is 11.4. The molecule has 0 unspecified atom stereocenters. The van der Waals surface area contributed by atoms with Crippen LogP contribution in [0.5, 0.6) is 0 Å². The van der Waals surface area contributed by atoms with Crippen LogP contribution in [0, 0.1) is 0 Å². The number of esters is 1. The minimum absolute atomic E-state index is 0.157. The van der Waals surface area contributed by atoms with Crippen LogP contribution in [0.4, 0.5) is 0 Å². The zero-order valence-corrected chi connectivity index (χ0v) is 20.7. The van der Waals surface area contributed by atoms with Crippen molar-refractivity contribution in [1.29, 1.82) is 0 Å². The maximum absolute atomic E-state index is 12.4. The lowest BCUT2D eigenvalue weighted by molar-refractivity contribution is -0.176. The van der Waals surface area contributed by atoms with E-state index < -0.39 is 20.2 Å². The molecule has 0 saturated carbocycles. The van der Waals surface area contributed by atoms with Crippen LogP contribution in [-0.4, -0.2) is 45.0 Å². The SMILES string of the molecule is CC1(C)O[C@H]2[C@H](CCC(=O)O[C@@H]2CO[Si](c2ccccc2)(c2ccccc2)C(C)(C)C)O1. The first kappa shape index (κ1) is 23.2. The third kappa shape index (κ3) is 4.42. The number of rotatable bonds is 5. The van der Waals surface area contributed by atoms with Crippen LogP contribution in [-0.2, 0) is 23.4 Å². The highest BCUT2D eigenvalue weighted by molar-refractivity contribution is 6.99. The van der Waals surface area contributed by atoms with Crippen LogP contribution in [0.2, 0.25) is 5.04 Å². The Morgan fingerprint density at radius 2 is 1.53 bits per heavy atom. The molecule has 0 amide bonds. The lowest BCUT2D eigenvalue weighted by Crippen LogP contribution is -2.67. The van der Waals surface area contributed by atoms with Crippen LogP contribution >= 0.6 is 0 Å². The van der Waals surface area contributed by atoms with Crippen molar-refractivity contribution < 1.29 is 23.4 Å². The van der Waals surface area contributed by atoms with Crippen LogP contribution in [0.1, 0.15) is 47.5 Å². The van der Waals surface area contributed by atoms with Crippen molar-refractivity contribution >= 4 is 24.7 Å². The molecule has 2 aromatic carbocycles. The molecule has 2 aliphatic heterocycles. The van der Waals surface area contributed by atoms with E-state index >= 15 is 0 Å². The van der Waals surface area contributed by atoms with Crippen molar-refractivity contribution in [3.8, 4) is 0 Å². The fourth-order valence-corrected chi connectivity index (χ4v) is 9.62. The number of ether oxygens (including phenoxy) is 3. The van der Waals surface area contributed by atoms with Gasteiger partial charge in [0.2, 0.25) is 0 Å². The second-order valence-corrected chi connectivity index (χ2v) is 14.5. The summed E-state index contributed by atoms with van der Waals surface area (Å²) in [6.45, 7) is 10.8. The van der Waals surface area contributed by atoms with E-state index in [0.29, 0.717) is 12.8 Å². The fraction of sp³-hybridized carbons (Fsp3) is 0.500. The molecule has 3 atom stereocenters. The van der Waals surface area contributed by atoms with Crippen molar-refractivity contribution in [3.63, 3.8) is 0 Å². The van der Waals surface area contributed by atoms with Gasteiger partial charge in [-0.05, 0) is 35.7 Å². The van der Waals surface area contributed by atoms with E-state index in [1.807, 2.05) is 26.0 Å². The molecule has 2 saturated heterocycles. The second kappa shape index (κ2) is 8.75. The molecule has 0 bridgehead atoms. The Hall–Kier alpha value is -1.99. The Bertz CT molecular complexity index is 883. The molecule has 0 N–H and O–H groups in total. The smallest absolute Gasteiger partial charge is 0.306 e. The molecule has 0 aromatic heterocycles.